The Hall–Kier alpha value is -3.02. The lowest BCUT2D eigenvalue weighted by atomic mass is 10.1. The zero-order valence-electron chi connectivity index (χ0n) is 14.7. The standard InChI is InChI=1S/C19H21N3O3/c1-12(13-8-6-5-7-9-13)22-19-14-10-15(23-2)17(24-3)18(25-4)16(14)20-11-21-19/h5-12H,1-4H3,(H,20,21,22)/t12-/m0/s1. The Morgan fingerprint density at radius 2 is 1.64 bits per heavy atom. The van der Waals surface area contributed by atoms with Gasteiger partial charge in [-0.25, -0.2) is 9.97 Å². The predicted octanol–water partition coefficient (Wildman–Crippen LogP) is 3.83. The molecule has 0 saturated carbocycles. The summed E-state index contributed by atoms with van der Waals surface area (Å²) in [4.78, 5) is 8.77. The summed E-state index contributed by atoms with van der Waals surface area (Å²) in [7, 11) is 4.75. The van der Waals surface area contributed by atoms with Gasteiger partial charge in [-0.15, -0.1) is 0 Å². The lowest BCUT2D eigenvalue weighted by Crippen LogP contribution is -2.09. The van der Waals surface area contributed by atoms with Gasteiger partial charge in [0.05, 0.1) is 26.7 Å². The van der Waals surface area contributed by atoms with Crippen LogP contribution in [-0.2, 0) is 0 Å². The van der Waals surface area contributed by atoms with Crippen LogP contribution in [0.2, 0.25) is 0 Å². The van der Waals surface area contributed by atoms with E-state index in [1.54, 1.807) is 21.3 Å². The molecule has 0 fully saturated rings. The fraction of sp³-hybridized carbons (Fsp3) is 0.263. The average molecular weight is 339 g/mol. The van der Waals surface area contributed by atoms with Crippen LogP contribution in [0, 0.1) is 0 Å². The van der Waals surface area contributed by atoms with Crippen molar-refractivity contribution in [1.29, 1.82) is 0 Å². The molecular formula is C19H21N3O3. The number of nitrogens with one attached hydrogen (secondary N) is 1. The van der Waals surface area contributed by atoms with Crippen LogP contribution in [0.5, 0.6) is 17.2 Å². The van der Waals surface area contributed by atoms with E-state index in [1.807, 2.05) is 24.3 Å². The largest absolute Gasteiger partial charge is 0.493 e. The van der Waals surface area contributed by atoms with Crippen molar-refractivity contribution in [2.75, 3.05) is 26.6 Å². The maximum Gasteiger partial charge on any atom is 0.205 e. The van der Waals surface area contributed by atoms with Crippen molar-refractivity contribution in [3.05, 3.63) is 48.3 Å². The molecule has 0 aliphatic carbocycles. The van der Waals surface area contributed by atoms with E-state index in [-0.39, 0.29) is 6.04 Å². The number of nitrogens with zero attached hydrogens (tertiary/aromatic N) is 2. The Labute approximate surface area is 146 Å². The van der Waals surface area contributed by atoms with E-state index in [0.29, 0.717) is 28.6 Å². The Kier molecular flexibility index (Phi) is 4.88. The van der Waals surface area contributed by atoms with Crippen LogP contribution in [0.25, 0.3) is 10.9 Å². The third-order valence-electron chi connectivity index (χ3n) is 4.09. The normalized spacial score (nSPS) is 11.8. The van der Waals surface area contributed by atoms with Crippen LogP contribution < -0.4 is 19.5 Å². The summed E-state index contributed by atoms with van der Waals surface area (Å²) in [6.07, 6.45) is 1.51. The van der Waals surface area contributed by atoms with Gasteiger partial charge in [0.15, 0.2) is 11.5 Å². The fourth-order valence-corrected chi connectivity index (χ4v) is 2.81. The molecule has 0 unspecified atom stereocenters. The second kappa shape index (κ2) is 7.25. The number of hydrogen-bond acceptors (Lipinski definition) is 6. The number of rotatable bonds is 6. The lowest BCUT2D eigenvalue weighted by Gasteiger charge is -2.18. The molecule has 2 aromatic carbocycles. The van der Waals surface area contributed by atoms with Crippen molar-refractivity contribution >= 4 is 16.7 Å². The van der Waals surface area contributed by atoms with Crippen molar-refractivity contribution in [2.45, 2.75) is 13.0 Å². The molecule has 3 rings (SSSR count). The summed E-state index contributed by atoms with van der Waals surface area (Å²) < 4.78 is 16.4. The molecular weight excluding hydrogens is 318 g/mol. The van der Waals surface area contributed by atoms with Gasteiger partial charge in [0, 0.05) is 6.04 Å². The molecule has 1 N–H and O–H groups in total. The fourth-order valence-electron chi connectivity index (χ4n) is 2.81. The molecule has 0 aliphatic rings. The average Bonchev–Trinajstić information content (AvgIpc) is 2.67. The first-order valence-electron chi connectivity index (χ1n) is 7.94. The van der Waals surface area contributed by atoms with E-state index in [9.17, 15) is 0 Å². The van der Waals surface area contributed by atoms with Gasteiger partial charge in [-0.2, -0.15) is 0 Å². The van der Waals surface area contributed by atoms with E-state index < -0.39 is 0 Å². The summed E-state index contributed by atoms with van der Waals surface area (Å²) in [5, 5.41) is 4.24. The van der Waals surface area contributed by atoms with Crippen LogP contribution >= 0.6 is 0 Å². The molecule has 0 amide bonds. The number of aromatic nitrogens is 2. The van der Waals surface area contributed by atoms with Crippen molar-refractivity contribution in [2.24, 2.45) is 0 Å². The zero-order chi connectivity index (χ0) is 17.8. The Bertz CT molecular complexity index is 869. The van der Waals surface area contributed by atoms with Crippen molar-refractivity contribution in [1.82, 2.24) is 9.97 Å². The molecule has 1 atom stereocenters. The maximum absolute atomic E-state index is 5.51. The monoisotopic (exact) mass is 339 g/mol. The topological polar surface area (TPSA) is 65.5 Å². The van der Waals surface area contributed by atoms with Crippen molar-refractivity contribution < 1.29 is 14.2 Å². The van der Waals surface area contributed by atoms with Gasteiger partial charge in [-0.1, -0.05) is 30.3 Å². The Balaban J connectivity index is 2.10. The first-order valence-corrected chi connectivity index (χ1v) is 7.94. The minimum atomic E-state index is 0.0818. The Morgan fingerprint density at radius 3 is 2.28 bits per heavy atom. The number of hydrogen-bond donors (Lipinski definition) is 1. The SMILES string of the molecule is COc1cc2c(N[C@@H](C)c3ccccc3)ncnc2c(OC)c1OC. The van der Waals surface area contributed by atoms with Gasteiger partial charge < -0.3 is 19.5 Å². The van der Waals surface area contributed by atoms with Crippen molar-refractivity contribution in [3.63, 3.8) is 0 Å². The summed E-state index contributed by atoms with van der Waals surface area (Å²) in [5.74, 6) is 2.31. The molecule has 1 heterocycles. The highest BCUT2D eigenvalue weighted by atomic mass is 16.5. The van der Waals surface area contributed by atoms with Gasteiger partial charge in [0.1, 0.15) is 17.7 Å². The summed E-state index contributed by atoms with van der Waals surface area (Å²) in [6.45, 7) is 2.08. The predicted molar refractivity (Wildman–Crippen MR) is 97.7 cm³/mol. The molecule has 6 nitrogen and oxygen atoms in total. The molecule has 0 bridgehead atoms. The van der Waals surface area contributed by atoms with Gasteiger partial charge in [0.2, 0.25) is 5.75 Å². The molecule has 1 aromatic heterocycles. The van der Waals surface area contributed by atoms with Gasteiger partial charge in [-0.05, 0) is 18.6 Å². The number of ether oxygens (including phenoxy) is 3. The van der Waals surface area contributed by atoms with Gasteiger partial charge >= 0.3 is 0 Å². The molecule has 3 aromatic rings. The number of fused-ring (bicyclic) bond motifs is 1. The molecule has 6 heteroatoms. The quantitative estimate of drug-likeness (QED) is 0.736. The van der Waals surface area contributed by atoms with Gasteiger partial charge in [0.25, 0.3) is 0 Å². The van der Waals surface area contributed by atoms with Crippen LogP contribution in [0.1, 0.15) is 18.5 Å². The zero-order valence-corrected chi connectivity index (χ0v) is 14.7. The summed E-state index contributed by atoms with van der Waals surface area (Å²) >= 11 is 0. The van der Waals surface area contributed by atoms with E-state index in [2.05, 4.69) is 34.3 Å². The summed E-state index contributed by atoms with van der Waals surface area (Å²) in [6, 6.07) is 12.1. The highest BCUT2D eigenvalue weighted by molar-refractivity contribution is 5.96. The molecule has 0 aliphatic heterocycles. The van der Waals surface area contributed by atoms with Crippen LogP contribution in [0.3, 0.4) is 0 Å². The van der Waals surface area contributed by atoms with E-state index in [0.717, 1.165) is 5.39 Å². The van der Waals surface area contributed by atoms with Crippen LogP contribution in [0.4, 0.5) is 5.82 Å². The number of anilines is 1. The second-order valence-electron chi connectivity index (χ2n) is 5.54. The molecule has 130 valence electrons. The molecule has 0 radical (unpaired) electrons. The minimum absolute atomic E-state index is 0.0818. The lowest BCUT2D eigenvalue weighted by molar-refractivity contribution is 0.327. The molecule has 0 saturated heterocycles. The second-order valence-corrected chi connectivity index (χ2v) is 5.54. The smallest absolute Gasteiger partial charge is 0.205 e. The summed E-state index contributed by atoms with van der Waals surface area (Å²) in [5.41, 5.74) is 1.83. The minimum Gasteiger partial charge on any atom is -0.493 e. The van der Waals surface area contributed by atoms with Crippen molar-refractivity contribution in [3.8, 4) is 17.2 Å². The highest BCUT2D eigenvalue weighted by Gasteiger charge is 2.20. The van der Waals surface area contributed by atoms with E-state index in [1.165, 1.54) is 11.9 Å². The first kappa shape index (κ1) is 16.8. The molecule has 0 spiro atoms. The van der Waals surface area contributed by atoms with Gasteiger partial charge in [-0.3, -0.25) is 0 Å². The van der Waals surface area contributed by atoms with Crippen LogP contribution in [-0.4, -0.2) is 31.3 Å². The number of benzene rings is 2. The van der Waals surface area contributed by atoms with E-state index >= 15 is 0 Å². The maximum atomic E-state index is 5.51. The van der Waals surface area contributed by atoms with E-state index in [4.69, 9.17) is 14.2 Å². The number of methoxy groups -OCH3 is 3. The third kappa shape index (κ3) is 3.15. The third-order valence-corrected chi connectivity index (χ3v) is 4.09. The Morgan fingerprint density at radius 1 is 0.920 bits per heavy atom. The first-order chi connectivity index (χ1) is 12.2. The highest BCUT2D eigenvalue weighted by Crippen LogP contribution is 2.44. The van der Waals surface area contributed by atoms with Crippen LogP contribution in [0.15, 0.2) is 42.7 Å². The molecule has 25 heavy (non-hydrogen) atoms.